The highest BCUT2D eigenvalue weighted by molar-refractivity contribution is 7.19. The number of carbonyl (C=O) groups is 1. The molecule has 8 nitrogen and oxygen atoms in total. The first-order chi connectivity index (χ1) is 16.6. The SMILES string of the molecule is N=CC(NC(=O)c1nc(-c2c(F)cccc2F)sc1N)C(=NC1CC1)N1CCC(N)CC(F)(F)C1. The molecular weight excluding hydrogens is 486 g/mol. The van der Waals surface area contributed by atoms with Gasteiger partial charge >= 0.3 is 0 Å². The number of nitrogen functional groups attached to an aromatic ring is 1. The van der Waals surface area contributed by atoms with Crippen LogP contribution in [0.5, 0.6) is 0 Å². The van der Waals surface area contributed by atoms with Crippen molar-refractivity contribution in [3.63, 3.8) is 0 Å². The number of anilines is 1. The average Bonchev–Trinajstić information content (AvgIpc) is 3.54. The fraction of sp³-hybridized carbons (Fsp3) is 0.455. The average molecular weight is 512 g/mol. The molecule has 188 valence electrons. The van der Waals surface area contributed by atoms with Crippen molar-refractivity contribution in [2.45, 2.75) is 49.7 Å². The first kappa shape index (κ1) is 25.0. The van der Waals surface area contributed by atoms with E-state index in [1.807, 2.05) is 0 Å². The second-order valence-electron chi connectivity index (χ2n) is 8.70. The van der Waals surface area contributed by atoms with Crippen LogP contribution in [0.1, 0.15) is 36.2 Å². The third-order valence-corrected chi connectivity index (χ3v) is 6.62. The molecule has 1 saturated carbocycles. The number of nitrogens with zero attached hydrogens (tertiary/aromatic N) is 3. The summed E-state index contributed by atoms with van der Waals surface area (Å²) in [6.07, 6.45) is 2.29. The standard InChI is InChI=1S/C22H25F4N7OS/c23-13-2-1-3-14(24)16(13)21-32-17(18(29)35-21)20(34)31-15(9-27)19(30-12-4-5-12)33-7-6-11(28)8-22(25,26)10-33/h1-3,9,11-12,15,27H,4-8,10,28-29H2,(H,31,34). The van der Waals surface area contributed by atoms with Gasteiger partial charge in [-0.3, -0.25) is 9.79 Å². The Balaban J connectivity index is 1.59. The Morgan fingerprint density at radius 1 is 1.31 bits per heavy atom. The molecule has 4 rings (SSSR count). The zero-order valence-corrected chi connectivity index (χ0v) is 19.4. The highest BCUT2D eigenvalue weighted by Gasteiger charge is 2.40. The van der Waals surface area contributed by atoms with E-state index >= 15 is 0 Å². The minimum Gasteiger partial charge on any atom is -0.389 e. The van der Waals surface area contributed by atoms with E-state index < -0.39 is 54.1 Å². The molecule has 1 amide bonds. The number of thiazole rings is 1. The van der Waals surface area contributed by atoms with Gasteiger partial charge in [-0.05, 0) is 31.4 Å². The number of hydrogen-bond acceptors (Lipinski definition) is 7. The zero-order chi connectivity index (χ0) is 25.3. The van der Waals surface area contributed by atoms with Crippen LogP contribution in [0.25, 0.3) is 10.6 Å². The summed E-state index contributed by atoms with van der Waals surface area (Å²) in [4.78, 5) is 22.9. The topological polar surface area (TPSA) is 133 Å². The largest absolute Gasteiger partial charge is 0.389 e. The van der Waals surface area contributed by atoms with Gasteiger partial charge in [0.1, 0.15) is 33.5 Å². The van der Waals surface area contributed by atoms with Gasteiger partial charge in [0.25, 0.3) is 11.8 Å². The zero-order valence-electron chi connectivity index (χ0n) is 18.6. The summed E-state index contributed by atoms with van der Waals surface area (Å²) in [5.74, 6) is -5.46. The number of benzene rings is 1. The maximum absolute atomic E-state index is 14.4. The minimum atomic E-state index is -3.06. The van der Waals surface area contributed by atoms with Crippen molar-refractivity contribution in [1.29, 1.82) is 5.41 Å². The van der Waals surface area contributed by atoms with Crippen LogP contribution in [0.4, 0.5) is 22.6 Å². The minimum absolute atomic E-state index is 0.0742. The normalized spacial score (nSPS) is 21.3. The van der Waals surface area contributed by atoms with Gasteiger partial charge in [0.2, 0.25) is 0 Å². The van der Waals surface area contributed by atoms with Gasteiger partial charge in [-0.1, -0.05) is 17.4 Å². The third kappa shape index (κ3) is 5.78. The molecule has 2 aliphatic rings. The van der Waals surface area contributed by atoms with Crippen LogP contribution in [0, 0.1) is 17.0 Å². The lowest BCUT2D eigenvalue weighted by molar-refractivity contribution is -0.0207. The molecule has 1 aliphatic heterocycles. The van der Waals surface area contributed by atoms with Gasteiger partial charge in [0.15, 0.2) is 5.69 Å². The fourth-order valence-corrected chi connectivity index (χ4v) is 4.75. The maximum atomic E-state index is 14.4. The Morgan fingerprint density at radius 3 is 2.63 bits per heavy atom. The van der Waals surface area contributed by atoms with Crippen molar-refractivity contribution in [1.82, 2.24) is 15.2 Å². The summed E-state index contributed by atoms with van der Waals surface area (Å²) in [6, 6.07) is 1.43. The second-order valence-corrected chi connectivity index (χ2v) is 9.73. The molecule has 1 saturated heterocycles. The Labute approximate surface area is 202 Å². The van der Waals surface area contributed by atoms with E-state index in [4.69, 9.17) is 16.9 Å². The molecule has 2 heterocycles. The van der Waals surface area contributed by atoms with E-state index in [-0.39, 0.29) is 34.1 Å². The molecule has 1 aromatic heterocycles. The molecule has 2 fully saturated rings. The smallest absolute Gasteiger partial charge is 0.273 e. The number of rotatable bonds is 6. The van der Waals surface area contributed by atoms with Crippen molar-refractivity contribution >= 4 is 34.3 Å². The number of likely N-dealkylation sites (tertiary alicyclic amines) is 1. The summed E-state index contributed by atoms with van der Waals surface area (Å²) in [6.45, 7) is -0.444. The third-order valence-electron chi connectivity index (χ3n) is 5.72. The summed E-state index contributed by atoms with van der Waals surface area (Å²) < 4.78 is 57.2. The number of nitrogens with two attached hydrogens (primary N) is 2. The van der Waals surface area contributed by atoms with Gasteiger partial charge in [-0.25, -0.2) is 22.5 Å². The summed E-state index contributed by atoms with van der Waals surface area (Å²) in [7, 11) is 0. The Hall–Kier alpha value is -3.06. The van der Waals surface area contributed by atoms with Gasteiger partial charge in [0, 0.05) is 25.2 Å². The van der Waals surface area contributed by atoms with Crippen molar-refractivity contribution in [3.8, 4) is 10.6 Å². The van der Waals surface area contributed by atoms with Crippen LogP contribution in [0.15, 0.2) is 23.2 Å². The molecule has 35 heavy (non-hydrogen) atoms. The lowest BCUT2D eigenvalue weighted by Crippen LogP contribution is -2.52. The van der Waals surface area contributed by atoms with E-state index in [9.17, 15) is 22.4 Å². The molecule has 13 heteroatoms. The number of amidine groups is 1. The van der Waals surface area contributed by atoms with Crippen LogP contribution in [0.3, 0.4) is 0 Å². The second kappa shape index (κ2) is 9.90. The molecule has 2 unspecified atom stereocenters. The molecule has 1 aromatic carbocycles. The van der Waals surface area contributed by atoms with Crippen LogP contribution in [0.2, 0.25) is 0 Å². The van der Waals surface area contributed by atoms with Crippen LogP contribution in [-0.4, -0.2) is 65.0 Å². The number of aromatic nitrogens is 1. The Bertz CT molecular complexity index is 1130. The van der Waals surface area contributed by atoms with Gasteiger partial charge in [-0.2, -0.15) is 0 Å². The number of halogens is 4. The van der Waals surface area contributed by atoms with Crippen molar-refractivity contribution in [2.24, 2.45) is 10.7 Å². The predicted octanol–water partition coefficient (Wildman–Crippen LogP) is 3.04. The summed E-state index contributed by atoms with van der Waals surface area (Å²) >= 11 is 0.734. The van der Waals surface area contributed by atoms with Gasteiger partial charge < -0.3 is 27.1 Å². The molecule has 0 spiro atoms. The highest BCUT2D eigenvalue weighted by atomic mass is 32.1. The van der Waals surface area contributed by atoms with Crippen LogP contribution in [-0.2, 0) is 0 Å². The van der Waals surface area contributed by atoms with Gasteiger partial charge in [-0.15, -0.1) is 0 Å². The van der Waals surface area contributed by atoms with E-state index in [0.717, 1.165) is 42.5 Å². The highest BCUT2D eigenvalue weighted by Crippen LogP contribution is 2.34. The summed E-state index contributed by atoms with van der Waals surface area (Å²) in [5, 5.41) is 10.2. The van der Waals surface area contributed by atoms with Crippen molar-refractivity contribution in [2.75, 3.05) is 18.8 Å². The molecule has 2 aromatic rings. The maximum Gasteiger partial charge on any atom is 0.273 e. The fourth-order valence-electron chi connectivity index (χ4n) is 3.87. The number of aliphatic imine (C=N–C) groups is 1. The Morgan fingerprint density at radius 2 is 2.00 bits per heavy atom. The first-order valence-electron chi connectivity index (χ1n) is 11.1. The lowest BCUT2D eigenvalue weighted by atomic mass is 10.1. The van der Waals surface area contributed by atoms with Crippen LogP contribution < -0.4 is 16.8 Å². The van der Waals surface area contributed by atoms with E-state index in [1.54, 1.807) is 0 Å². The van der Waals surface area contributed by atoms with Crippen molar-refractivity contribution in [3.05, 3.63) is 35.5 Å². The first-order valence-corrected chi connectivity index (χ1v) is 11.9. The predicted molar refractivity (Wildman–Crippen MR) is 126 cm³/mol. The van der Waals surface area contributed by atoms with E-state index in [0.29, 0.717) is 6.42 Å². The quantitative estimate of drug-likeness (QED) is 0.269. The lowest BCUT2D eigenvalue weighted by Gasteiger charge is -2.30. The van der Waals surface area contributed by atoms with Crippen molar-refractivity contribution < 1.29 is 22.4 Å². The Kier molecular flexibility index (Phi) is 7.08. The molecule has 2 atom stereocenters. The van der Waals surface area contributed by atoms with Crippen LogP contribution >= 0.6 is 11.3 Å². The molecular formula is C22H25F4N7OS. The number of amides is 1. The monoisotopic (exact) mass is 511 g/mol. The molecule has 6 N–H and O–H groups in total. The van der Waals surface area contributed by atoms with E-state index in [2.05, 4.69) is 15.3 Å². The molecule has 0 radical (unpaired) electrons. The number of nitrogens with one attached hydrogen (secondary N) is 2. The molecule has 0 bridgehead atoms. The summed E-state index contributed by atoms with van der Waals surface area (Å²) in [5.41, 5.74) is 11.0. The van der Waals surface area contributed by atoms with E-state index in [1.165, 1.54) is 11.0 Å². The number of alkyl halides is 2. The molecule has 1 aliphatic carbocycles. The number of hydrogen-bond donors (Lipinski definition) is 4. The van der Waals surface area contributed by atoms with Gasteiger partial charge in [0.05, 0.1) is 18.2 Å². The number of carbonyl (C=O) groups excluding carboxylic acids is 1.